The molecule has 0 unspecified atom stereocenters. The summed E-state index contributed by atoms with van der Waals surface area (Å²) in [4.78, 5) is 23.1. The molecule has 0 aliphatic carbocycles. The SMILES string of the molecule is CC(C)/C=C/C(=O)Nc1ccccc1NC(=O)CC#N. The Balaban J connectivity index is 2.78. The van der Waals surface area contributed by atoms with Crippen molar-refractivity contribution in [3.63, 3.8) is 0 Å². The van der Waals surface area contributed by atoms with Crippen molar-refractivity contribution in [1.82, 2.24) is 0 Å². The molecule has 1 aromatic carbocycles. The van der Waals surface area contributed by atoms with Gasteiger partial charge >= 0.3 is 0 Å². The lowest BCUT2D eigenvalue weighted by atomic mass is 10.2. The van der Waals surface area contributed by atoms with E-state index in [0.29, 0.717) is 11.4 Å². The van der Waals surface area contributed by atoms with Crippen LogP contribution in [0.25, 0.3) is 0 Å². The van der Waals surface area contributed by atoms with Gasteiger partial charge in [-0.05, 0) is 24.1 Å². The number of carbonyl (C=O) groups excluding carboxylic acids is 2. The van der Waals surface area contributed by atoms with Crippen molar-refractivity contribution in [3.05, 3.63) is 36.4 Å². The lowest BCUT2D eigenvalue weighted by molar-refractivity contribution is -0.115. The van der Waals surface area contributed by atoms with E-state index in [4.69, 9.17) is 5.26 Å². The lowest BCUT2D eigenvalue weighted by Gasteiger charge is -2.10. The van der Waals surface area contributed by atoms with E-state index in [9.17, 15) is 9.59 Å². The molecule has 0 saturated heterocycles. The van der Waals surface area contributed by atoms with Crippen LogP contribution in [-0.4, -0.2) is 11.8 Å². The third-order valence-corrected chi connectivity index (χ3v) is 2.33. The van der Waals surface area contributed by atoms with Gasteiger partial charge in [0.25, 0.3) is 0 Å². The average Bonchev–Trinajstić information content (AvgIpc) is 2.39. The maximum Gasteiger partial charge on any atom is 0.248 e. The number of carbonyl (C=O) groups is 2. The molecule has 0 spiro atoms. The van der Waals surface area contributed by atoms with Gasteiger partial charge in [-0.1, -0.05) is 32.1 Å². The highest BCUT2D eigenvalue weighted by atomic mass is 16.2. The number of nitrogens with one attached hydrogen (secondary N) is 2. The molecule has 0 fully saturated rings. The van der Waals surface area contributed by atoms with Gasteiger partial charge in [-0.3, -0.25) is 9.59 Å². The Kier molecular flexibility index (Phi) is 5.98. The second kappa shape index (κ2) is 7.74. The summed E-state index contributed by atoms with van der Waals surface area (Å²) in [6.45, 7) is 3.94. The van der Waals surface area contributed by atoms with Crippen LogP contribution < -0.4 is 10.6 Å². The summed E-state index contributed by atoms with van der Waals surface area (Å²) in [6, 6.07) is 8.61. The normalized spacial score (nSPS) is 10.3. The number of nitrogens with zero attached hydrogens (tertiary/aromatic N) is 1. The first kappa shape index (κ1) is 15.4. The largest absolute Gasteiger partial charge is 0.323 e. The van der Waals surface area contributed by atoms with E-state index >= 15 is 0 Å². The Morgan fingerprint density at radius 2 is 1.85 bits per heavy atom. The van der Waals surface area contributed by atoms with Crippen molar-refractivity contribution < 1.29 is 9.59 Å². The van der Waals surface area contributed by atoms with Crippen LogP contribution in [0.2, 0.25) is 0 Å². The molecule has 0 bridgehead atoms. The zero-order valence-corrected chi connectivity index (χ0v) is 11.5. The molecule has 20 heavy (non-hydrogen) atoms. The molecule has 2 N–H and O–H groups in total. The van der Waals surface area contributed by atoms with Crippen LogP contribution >= 0.6 is 0 Å². The molecule has 5 nitrogen and oxygen atoms in total. The van der Waals surface area contributed by atoms with Gasteiger partial charge < -0.3 is 10.6 Å². The van der Waals surface area contributed by atoms with Crippen LogP contribution in [0.15, 0.2) is 36.4 Å². The number of rotatable bonds is 5. The molecule has 104 valence electrons. The summed E-state index contributed by atoms with van der Waals surface area (Å²) in [5.74, 6) is -0.390. The van der Waals surface area contributed by atoms with Gasteiger partial charge in [-0.25, -0.2) is 0 Å². The first-order valence-corrected chi connectivity index (χ1v) is 6.28. The van der Waals surface area contributed by atoms with Gasteiger partial charge in [-0.15, -0.1) is 0 Å². The maximum absolute atomic E-state index is 11.7. The lowest BCUT2D eigenvalue weighted by Crippen LogP contribution is -2.14. The zero-order valence-electron chi connectivity index (χ0n) is 11.5. The molecule has 0 radical (unpaired) electrons. The van der Waals surface area contributed by atoms with Crippen LogP contribution in [0, 0.1) is 17.2 Å². The Morgan fingerprint density at radius 3 is 2.40 bits per heavy atom. The fraction of sp³-hybridized carbons (Fsp3) is 0.267. The highest BCUT2D eigenvalue weighted by Crippen LogP contribution is 2.21. The van der Waals surface area contributed by atoms with Crippen molar-refractivity contribution in [2.45, 2.75) is 20.3 Å². The molecule has 1 rings (SSSR count). The summed E-state index contributed by atoms with van der Waals surface area (Å²) in [5.41, 5.74) is 0.969. The van der Waals surface area contributed by atoms with Gasteiger partial charge in [0.05, 0.1) is 17.4 Å². The molecular weight excluding hydrogens is 254 g/mol. The minimum absolute atomic E-state index is 0.227. The highest BCUT2D eigenvalue weighted by Gasteiger charge is 2.07. The second-order valence-electron chi connectivity index (χ2n) is 4.52. The van der Waals surface area contributed by atoms with Crippen LogP contribution in [0.1, 0.15) is 20.3 Å². The average molecular weight is 271 g/mol. The van der Waals surface area contributed by atoms with Crippen LogP contribution in [0.4, 0.5) is 11.4 Å². The Morgan fingerprint density at radius 1 is 1.25 bits per heavy atom. The topological polar surface area (TPSA) is 82.0 Å². The molecule has 0 aliphatic heterocycles. The third kappa shape index (κ3) is 5.36. The molecule has 2 amide bonds. The number of hydrogen-bond acceptors (Lipinski definition) is 3. The minimum atomic E-state index is -0.410. The van der Waals surface area contributed by atoms with Crippen molar-refractivity contribution in [2.24, 2.45) is 5.92 Å². The number of benzene rings is 1. The maximum atomic E-state index is 11.7. The number of allylic oxidation sites excluding steroid dienone is 1. The number of amides is 2. The number of hydrogen-bond donors (Lipinski definition) is 2. The van der Waals surface area contributed by atoms with E-state index in [1.807, 2.05) is 13.8 Å². The van der Waals surface area contributed by atoms with E-state index in [-0.39, 0.29) is 18.2 Å². The summed E-state index contributed by atoms with van der Waals surface area (Å²) in [7, 11) is 0. The molecule has 0 heterocycles. The van der Waals surface area contributed by atoms with Crippen molar-refractivity contribution in [3.8, 4) is 6.07 Å². The summed E-state index contributed by atoms with van der Waals surface area (Å²) >= 11 is 0. The fourth-order valence-corrected chi connectivity index (χ4v) is 1.42. The number of nitriles is 1. The quantitative estimate of drug-likeness (QED) is 0.808. The first-order valence-electron chi connectivity index (χ1n) is 6.28. The standard InChI is InChI=1S/C15H17N3O2/c1-11(2)7-8-14(19)17-12-5-3-4-6-13(12)18-15(20)9-10-16/h3-8,11H,9H2,1-2H3,(H,17,19)(H,18,20)/b8-7+. The van der Waals surface area contributed by atoms with Gasteiger partial charge in [-0.2, -0.15) is 5.26 Å². The predicted octanol–water partition coefficient (Wildman–Crippen LogP) is 2.69. The summed E-state index contributed by atoms with van der Waals surface area (Å²) < 4.78 is 0. The Bertz CT molecular complexity index is 556. The molecule has 5 heteroatoms. The molecule has 0 aromatic heterocycles. The molecule has 0 aliphatic rings. The van der Waals surface area contributed by atoms with E-state index in [0.717, 1.165) is 0 Å². The van der Waals surface area contributed by atoms with E-state index in [2.05, 4.69) is 10.6 Å². The number of para-hydroxylation sites is 2. The number of anilines is 2. The van der Waals surface area contributed by atoms with E-state index in [1.165, 1.54) is 6.08 Å². The fourth-order valence-electron chi connectivity index (χ4n) is 1.42. The molecule has 0 saturated carbocycles. The van der Waals surface area contributed by atoms with Gasteiger partial charge in [0.1, 0.15) is 6.42 Å². The first-order chi connectivity index (χ1) is 9.52. The van der Waals surface area contributed by atoms with Crippen LogP contribution in [0.3, 0.4) is 0 Å². The van der Waals surface area contributed by atoms with Crippen molar-refractivity contribution >= 4 is 23.2 Å². The monoisotopic (exact) mass is 271 g/mol. The van der Waals surface area contributed by atoms with E-state index in [1.54, 1.807) is 36.4 Å². The van der Waals surface area contributed by atoms with Crippen molar-refractivity contribution in [1.29, 1.82) is 5.26 Å². The molecule has 1 aromatic rings. The van der Waals surface area contributed by atoms with Crippen LogP contribution in [-0.2, 0) is 9.59 Å². The van der Waals surface area contributed by atoms with Crippen LogP contribution in [0.5, 0.6) is 0 Å². The van der Waals surface area contributed by atoms with Gasteiger partial charge in [0.15, 0.2) is 0 Å². The van der Waals surface area contributed by atoms with E-state index < -0.39 is 5.91 Å². The predicted molar refractivity (Wildman–Crippen MR) is 77.9 cm³/mol. The second-order valence-corrected chi connectivity index (χ2v) is 4.52. The highest BCUT2D eigenvalue weighted by molar-refractivity contribution is 6.03. The summed E-state index contributed by atoms with van der Waals surface area (Å²) in [6.07, 6.45) is 3.01. The van der Waals surface area contributed by atoms with Gasteiger partial charge in [0.2, 0.25) is 11.8 Å². The summed E-state index contributed by atoms with van der Waals surface area (Å²) in [5, 5.41) is 13.7. The Hall–Kier alpha value is -2.61. The minimum Gasteiger partial charge on any atom is -0.323 e. The smallest absolute Gasteiger partial charge is 0.248 e. The molecular formula is C15H17N3O2. The van der Waals surface area contributed by atoms with Crippen molar-refractivity contribution in [2.75, 3.05) is 10.6 Å². The third-order valence-electron chi connectivity index (χ3n) is 2.33. The van der Waals surface area contributed by atoms with Gasteiger partial charge in [0, 0.05) is 0 Å². The Labute approximate surface area is 118 Å². The zero-order chi connectivity index (χ0) is 15.0. The molecule has 0 atom stereocenters.